The summed E-state index contributed by atoms with van der Waals surface area (Å²) in [4.78, 5) is 13.3. The van der Waals surface area contributed by atoms with E-state index in [1.165, 1.54) is 16.7 Å². The molecule has 1 heteroatoms. The summed E-state index contributed by atoms with van der Waals surface area (Å²) in [6.45, 7) is 4.22. The molecule has 2 aromatic rings. The maximum atomic E-state index is 13.3. The summed E-state index contributed by atoms with van der Waals surface area (Å²) in [7, 11) is 0. The highest BCUT2D eigenvalue weighted by Crippen LogP contribution is 2.57. The van der Waals surface area contributed by atoms with Gasteiger partial charge in [-0.1, -0.05) is 66.7 Å². The molecule has 0 heterocycles. The lowest BCUT2D eigenvalue weighted by atomic mass is 9.63. The van der Waals surface area contributed by atoms with Crippen LogP contribution >= 0.6 is 0 Å². The van der Waals surface area contributed by atoms with Crippen molar-refractivity contribution >= 4 is 5.78 Å². The van der Waals surface area contributed by atoms with E-state index >= 15 is 0 Å². The van der Waals surface area contributed by atoms with Crippen LogP contribution in [-0.2, 0) is 6.42 Å². The first-order valence-electron chi connectivity index (χ1n) is 8.05. The predicted octanol–water partition coefficient (Wildman–Crippen LogP) is 4.94. The molecule has 4 rings (SSSR count). The Labute approximate surface area is 131 Å². The lowest BCUT2D eigenvalue weighted by Gasteiger charge is -2.38. The Kier molecular flexibility index (Phi) is 3.04. The van der Waals surface area contributed by atoms with E-state index in [-0.39, 0.29) is 11.3 Å². The number of hydrogen-bond donors (Lipinski definition) is 0. The molecule has 1 spiro atoms. The highest BCUT2D eigenvalue weighted by Gasteiger charge is 2.52. The Morgan fingerprint density at radius 3 is 2.55 bits per heavy atom. The summed E-state index contributed by atoms with van der Waals surface area (Å²) in [5, 5.41) is 0. The number of hydrogen-bond acceptors (Lipinski definition) is 1. The van der Waals surface area contributed by atoms with Crippen LogP contribution in [0.4, 0.5) is 0 Å². The van der Waals surface area contributed by atoms with Crippen molar-refractivity contribution in [2.24, 2.45) is 5.41 Å². The normalized spacial score (nSPS) is 27.2. The Bertz CT molecular complexity index is 744. The Balaban J connectivity index is 1.83. The van der Waals surface area contributed by atoms with Gasteiger partial charge < -0.3 is 0 Å². The van der Waals surface area contributed by atoms with E-state index in [0.717, 1.165) is 31.2 Å². The van der Waals surface area contributed by atoms with Crippen LogP contribution in [0.25, 0.3) is 0 Å². The maximum Gasteiger partial charge on any atom is 0.170 e. The molecule has 1 nitrogen and oxygen atoms in total. The third-order valence-electron chi connectivity index (χ3n) is 5.48. The van der Waals surface area contributed by atoms with E-state index in [9.17, 15) is 4.79 Å². The van der Waals surface area contributed by atoms with Gasteiger partial charge in [0.2, 0.25) is 0 Å². The molecule has 0 saturated heterocycles. The quantitative estimate of drug-likeness (QED) is 0.680. The topological polar surface area (TPSA) is 17.1 Å². The molecule has 22 heavy (non-hydrogen) atoms. The number of allylic oxidation sites excluding steroid dienone is 1. The minimum Gasteiger partial charge on any atom is -0.294 e. The number of benzene rings is 2. The molecule has 2 aliphatic rings. The number of rotatable bonds is 1. The van der Waals surface area contributed by atoms with Crippen molar-refractivity contribution in [2.45, 2.75) is 31.6 Å². The van der Waals surface area contributed by atoms with Crippen LogP contribution in [0, 0.1) is 5.41 Å². The first-order valence-corrected chi connectivity index (χ1v) is 8.05. The van der Waals surface area contributed by atoms with Crippen LogP contribution in [0.2, 0.25) is 0 Å². The standard InChI is InChI=1S/C21H20O/c1-15-13-19(17-8-3-2-4-9-17)21(14-15)12-11-16-7-5-6-10-18(16)20(21)22/h2-10,19H,1,11-14H2. The first-order chi connectivity index (χ1) is 10.7. The lowest BCUT2D eigenvalue weighted by molar-refractivity contribution is 0.0738. The molecule has 0 amide bonds. The van der Waals surface area contributed by atoms with Gasteiger partial charge in [0, 0.05) is 16.9 Å². The van der Waals surface area contributed by atoms with E-state index in [0.29, 0.717) is 5.78 Å². The molecular formula is C21H20O. The summed E-state index contributed by atoms with van der Waals surface area (Å²) in [6, 6.07) is 18.6. The van der Waals surface area contributed by atoms with Crippen molar-refractivity contribution in [2.75, 3.05) is 0 Å². The van der Waals surface area contributed by atoms with Crippen molar-refractivity contribution in [3.05, 3.63) is 83.4 Å². The molecule has 110 valence electrons. The molecule has 2 aliphatic carbocycles. The second kappa shape index (κ2) is 4.95. The van der Waals surface area contributed by atoms with Gasteiger partial charge in [-0.05, 0) is 36.8 Å². The van der Waals surface area contributed by atoms with Crippen LogP contribution in [-0.4, -0.2) is 5.78 Å². The van der Waals surface area contributed by atoms with Gasteiger partial charge in [0.1, 0.15) is 0 Å². The second-order valence-electron chi connectivity index (χ2n) is 6.74. The van der Waals surface area contributed by atoms with Crippen molar-refractivity contribution in [1.82, 2.24) is 0 Å². The third kappa shape index (κ3) is 1.89. The van der Waals surface area contributed by atoms with E-state index in [1.54, 1.807) is 0 Å². The summed E-state index contributed by atoms with van der Waals surface area (Å²) in [6.07, 6.45) is 3.73. The highest BCUT2D eigenvalue weighted by molar-refractivity contribution is 6.04. The lowest BCUT2D eigenvalue weighted by Crippen LogP contribution is -2.38. The van der Waals surface area contributed by atoms with Gasteiger partial charge in [0.25, 0.3) is 0 Å². The molecule has 2 aromatic carbocycles. The highest BCUT2D eigenvalue weighted by atomic mass is 16.1. The number of carbonyl (C=O) groups excluding carboxylic acids is 1. The number of aryl methyl sites for hydroxylation is 1. The zero-order chi connectivity index (χ0) is 15.2. The third-order valence-corrected chi connectivity index (χ3v) is 5.48. The Hall–Kier alpha value is -2.15. The zero-order valence-corrected chi connectivity index (χ0v) is 12.7. The van der Waals surface area contributed by atoms with Crippen LogP contribution in [0.15, 0.2) is 66.7 Å². The summed E-state index contributed by atoms with van der Waals surface area (Å²) in [5.74, 6) is 0.615. The van der Waals surface area contributed by atoms with Crippen molar-refractivity contribution in [3.63, 3.8) is 0 Å². The molecule has 0 aromatic heterocycles. The smallest absolute Gasteiger partial charge is 0.170 e. The van der Waals surface area contributed by atoms with Crippen molar-refractivity contribution < 1.29 is 4.79 Å². The van der Waals surface area contributed by atoms with Crippen molar-refractivity contribution in [3.8, 4) is 0 Å². The van der Waals surface area contributed by atoms with Gasteiger partial charge in [-0.25, -0.2) is 0 Å². The fourth-order valence-corrected chi connectivity index (χ4v) is 4.45. The number of fused-ring (bicyclic) bond motifs is 1. The van der Waals surface area contributed by atoms with E-state index in [2.05, 4.69) is 36.9 Å². The molecular weight excluding hydrogens is 268 g/mol. The fraction of sp³-hybridized carbons (Fsp3) is 0.286. The van der Waals surface area contributed by atoms with Gasteiger partial charge in [0.05, 0.1) is 0 Å². The summed E-state index contributed by atoms with van der Waals surface area (Å²) < 4.78 is 0. The van der Waals surface area contributed by atoms with Crippen LogP contribution in [0.1, 0.15) is 46.7 Å². The molecule has 1 saturated carbocycles. The van der Waals surface area contributed by atoms with Gasteiger partial charge in [0.15, 0.2) is 5.78 Å². The number of Topliss-reactive ketones (excluding diaryl/α,β-unsaturated/α-hetero) is 1. The van der Waals surface area contributed by atoms with Gasteiger partial charge >= 0.3 is 0 Å². The van der Waals surface area contributed by atoms with Crippen molar-refractivity contribution in [1.29, 1.82) is 0 Å². The molecule has 0 radical (unpaired) electrons. The van der Waals surface area contributed by atoms with E-state index in [1.807, 2.05) is 24.3 Å². The van der Waals surface area contributed by atoms with E-state index < -0.39 is 0 Å². The molecule has 1 fully saturated rings. The molecule has 2 unspecified atom stereocenters. The fourth-order valence-electron chi connectivity index (χ4n) is 4.45. The largest absolute Gasteiger partial charge is 0.294 e. The van der Waals surface area contributed by atoms with Crippen LogP contribution < -0.4 is 0 Å². The molecule has 0 N–H and O–H groups in total. The Morgan fingerprint density at radius 1 is 1.00 bits per heavy atom. The summed E-state index contributed by atoms with van der Waals surface area (Å²) >= 11 is 0. The SMILES string of the molecule is C=C1CC(c2ccccc2)C2(CCc3ccccc3C2=O)C1. The minimum absolute atomic E-state index is 0.271. The maximum absolute atomic E-state index is 13.3. The first kappa shape index (κ1) is 13.5. The van der Waals surface area contributed by atoms with Gasteiger partial charge in [-0.2, -0.15) is 0 Å². The summed E-state index contributed by atoms with van der Waals surface area (Å²) in [5.41, 5.74) is 4.38. The van der Waals surface area contributed by atoms with Crippen LogP contribution in [0.3, 0.4) is 0 Å². The molecule has 2 atom stereocenters. The minimum atomic E-state index is -0.271. The average molecular weight is 288 g/mol. The predicted molar refractivity (Wildman–Crippen MR) is 89.1 cm³/mol. The Morgan fingerprint density at radius 2 is 1.73 bits per heavy atom. The molecule has 0 bridgehead atoms. The number of ketones is 1. The van der Waals surface area contributed by atoms with E-state index in [4.69, 9.17) is 0 Å². The molecule has 0 aliphatic heterocycles. The monoisotopic (exact) mass is 288 g/mol. The average Bonchev–Trinajstić information content (AvgIpc) is 2.90. The zero-order valence-electron chi connectivity index (χ0n) is 12.7. The van der Waals surface area contributed by atoms with Gasteiger partial charge in [-0.15, -0.1) is 0 Å². The number of carbonyl (C=O) groups is 1. The second-order valence-corrected chi connectivity index (χ2v) is 6.74. The van der Waals surface area contributed by atoms with Crippen LogP contribution in [0.5, 0.6) is 0 Å². The van der Waals surface area contributed by atoms with Gasteiger partial charge in [-0.3, -0.25) is 4.79 Å².